The second-order valence-electron chi connectivity index (χ2n) is 7.02. The highest BCUT2D eigenvalue weighted by Gasteiger charge is 2.31. The molecule has 2 heterocycles. The number of fused-ring (bicyclic) bond motifs is 1. The summed E-state index contributed by atoms with van der Waals surface area (Å²) in [6, 6.07) is 8.10. The van der Waals surface area contributed by atoms with E-state index >= 15 is 0 Å². The van der Waals surface area contributed by atoms with Crippen molar-refractivity contribution in [2.45, 2.75) is 26.2 Å². The van der Waals surface area contributed by atoms with Crippen LogP contribution in [0.15, 0.2) is 24.3 Å². The van der Waals surface area contributed by atoms with Crippen molar-refractivity contribution in [2.24, 2.45) is 11.8 Å². The summed E-state index contributed by atoms with van der Waals surface area (Å²) in [5.74, 6) is 1.72. The fraction of sp³-hybridized carbons (Fsp3) is 0.632. The van der Waals surface area contributed by atoms with Crippen LogP contribution in [0.4, 0.5) is 5.69 Å². The number of carbonyl (C=O) groups is 1. The quantitative estimate of drug-likeness (QED) is 0.928. The van der Waals surface area contributed by atoms with Gasteiger partial charge in [-0.05, 0) is 68.5 Å². The molecule has 0 spiro atoms. The van der Waals surface area contributed by atoms with Crippen molar-refractivity contribution in [3.63, 3.8) is 0 Å². The molecule has 126 valence electrons. The minimum atomic E-state index is 0.197. The smallest absolute Gasteiger partial charge is 0.253 e. The molecule has 0 unspecified atom stereocenters. The van der Waals surface area contributed by atoms with Crippen molar-refractivity contribution in [3.8, 4) is 0 Å². The van der Waals surface area contributed by atoms with Crippen LogP contribution in [0.25, 0.3) is 0 Å². The number of amides is 1. The molecular formula is C19H29N3O. The predicted molar refractivity (Wildman–Crippen MR) is 95.0 cm³/mol. The number of hydrogen-bond acceptors (Lipinski definition) is 3. The van der Waals surface area contributed by atoms with Crippen LogP contribution in [0, 0.1) is 11.8 Å². The summed E-state index contributed by atoms with van der Waals surface area (Å²) in [7, 11) is 2.10. The average molecular weight is 315 g/mol. The Morgan fingerprint density at radius 3 is 2.35 bits per heavy atom. The molecule has 2 saturated heterocycles. The first-order chi connectivity index (χ1) is 11.2. The standard InChI is InChI=1S/C19H29N3O/c1-3-10-21(2)18-6-4-15(5-7-18)19(23)22-11-8-16-13-20-14-17(16)9-12-22/h4-7,16-17,20H,3,8-14H2,1-2H3/t16-,17+. The van der Waals surface area contributed by atoms with Gasteiger partial charge in [-0.3, -0.25) is 4.79 Å². The van der Waals surface area contributed by atoms with Gasteiger partial charge in [-0.1, -0.05) is 6.92 Å². The SMILES string of the molecule is CCCN(C)c1ccc(C(=O)N2CC[C@@H]3CNC[C@@H]3CC2)cc1. The summed E-state index contributed by atoms with van der Waals surface area (Å²) < 4.78 is 0. The Labute approximate surface area is 139 Å². The molecule has 2 fully saturated rings. The van der Waals surface area contributed by atoms with Gasteiger partial charge in [-0.15, -0.1) is 0 Å². The maximum absolute atomic E-state index is 12.8. The van der Waals surface area contributed by atoms with E-state index < -0.39 is 0 Å². The molecule has 2 atom stereocenters. The van der Waals surface area contributed by atoms with Crippen LogP contribution in [0.3, 0.4) is 0 Å². The lowest BCUT2D eigenvalue weighted by molar-refractivity contribution is 0.0758. The molecule has 1 N–H and O–H groups in total. The van der Waals surface area contributed by atoms with Gasteiger partial charge in [0.1, 0.15) is 0 Å². The normalized spacial score (nSPS) is 24.2. The van der Waals surface area contributed by atoms with Crippen molar-refractivity contribution in [2.75, 3.05) is 44.7 Å². The fourth-order valence-electron chi connectivity index (χ4n) is 3.93. The minimum absolute atomic E-state index is 0.197. The Morgan fingerprint density at radius 2 is 1.78 bits per heavy atom. The fourth-order valence-corrected chi connectivity index (χ4v) is 3.93. The highest BCUT2D eigenvalue weighted by Crippen LogP contribution is 2.27. The summed E-state index contributed by atoms with van der Waals surface area (Å²) in [6.45, 7) is 7.28. The van der Waals surface area contributed by atoms with E-state index in [1.165, 1.54) is 5.69 Å². The van der Waals surface area contributed by atoms with E-state index in [-0.39, 0.29) is 5.91 Å². The molecule has 4 nitrogen and oxygen atoms in total. The number of hydrogen-bond donors (Lipinski definition) is 1. The Balaban J connectivity index is 1.63. The lowest BCUT2D eigenvalue weighted by Crippen LogP contribution is -2.32. The van der Waals surface area contributed by atoms with E-state index in [2.05, 4.69) is 41.2 Å². The van der Waals surface area contributed by atoms with Gasteiger partial charge in [0.2, 0.25) is 0 Å². The Morgan fingerprint density at radius 1 is 1.17 bits per heavy atom. The largest absolute Gasteiger partial charge is 0.375 e. The van der Waals surface area contributed by atoms with E-state index in [0.717, 1.165) is 69.4 Å². The third-order valence-electron chi connectivity index (χ3n) is 5.42. The van der Waals surface area contributed by atoms with E-state index in [1.807, 2.05) is 12.1 Å². The molecular weight excluding hydrogens is 286 g/mol. The maximum atomic E-state index is 12.8. The first kappa shape index (κ1) is 16.3. The number of likely N-dealkylation sites (tertiary alicyclic amines) is 1. The summed E-state index contributed by atoms with van der Waals surface area (Å²) in [4.78, 5) is 17.1. The van der Waals surface area contributed by atoms with E-state index in [0.29, 0.717) is 0 Å². The summed E-state index contributed by atoms with van der Waals surface area (Å²) in [5, 5.41) is 3.49. The molecule has 1 aromatic carbocycles. The molecule has 1 amide bonds. The van der Waals surface area contributed by atoms with Gasteiger partial charge < -0.3 is 15.1 Å². The first-order valence-corrected chi connectivity index (χ1v) is 9.00. The van der Waals surface area contributed by atoms with Gasteiger partial charge in [0.25, 0.3) is 5.91 Å². The van der Waals surface area contributed by atoms with Crippen LogP contribution in [0.1, 0.15) is 36.5 Å². The lowest BCUT2D eigenvalue weighted by atomic mass is 9.92. The topological polar surface area (TPSA) is 35.6 Å². The summed E-state index contributed by atoms with van der Waals surface area (Å²) in [6.07, 6.45) is 3.41. The highest BCUT2D eigenvalue weighted by atomic mass is 16.2. The molecule has 0 saturated carbocycles. The van der Waals surface area contributed by atoms with Crippen molar-refractivity contribution in [1.29, 1.82) is 0 Å². The highest BCUT2D eigenvalue weighted by molar-refractivity contribution is 5.94. The number of benzene rings is 1. The molecule has 2 aliphatic heterocycles. The number of anilines is 1. The van der Waals surface area contributed by atoms with Crippen molar-refractivity contribution < 1.29 is 4.79 Å². The van der Waals surface area contributed by atoms with Crippen molar-refractivity contribution >= 4 is 11.6 Å². The number of rotatable bonds is 4. The number of carbonyl (C=O) groups excluding carboxylic acids is 1. The monoisotopic (exact) mass is 315 g/mol. The zero-order chi connectivity index (χ0) is 16.2. The molecule has 4 heteroatoms. The van der Waals surface area contributed by atoms with Crippen LogP contribution in [0.5, 0.6) is 0 Å². The van der Waals surface area contributed by atoms with Crippen LogP contribution >= 0.6 is 0 Å². The maximum Gasteiger partial charge on any atom is 0.253 e. The molecule has 0 aliphatic carbocycles. The van der Waals surface area contributed by atoms with Crippen LogP contribution in [-0.4, -0.2) is 50.6 Å². The van der Waals surface area contributed by atoms with Gasteiger partial charge in [0, 0.05) is 37.9 Å². The third-order valence-corrected chi connectivity index (χ3v) is 5.42. The van der Waals surface area contributed by atoms with Crippen molar-refractivity contribution in [3.05, 3.63) is 29.8 Å². The minimum Gasteiger partial charge on any atom is -0.375 e. The second-order valence-corrected chi connectivity index (χ2v) is 7.02. The zero-order valence-electron chi connectivity index (χ0n) is 14.4. The molecule has 3 rings (SSSR count). The van der Waals surface area contributed by atoms with Gasteiger partial charge >= 0.3 is 0 Å². The van der Waals surface area contributed by atoms with Gasteiger partial charge in [0.05, 0.1) is 0 Å². The molecule has 23 heavy (non-hydrogen) atoms. The molecule has 0 aromatic heterocycles. The van der Waals surface area contributed by atoms with Crippen molar-refractivity contribution in [1.82, 2.24) is 10.2 Å². The molecule has 2 aliphatic rings. The van der Waals surface area contributed by atoms with Gasteiger partial charge in [-0.2, -0.15) is 0 Å². The molecule has 1 aromatic rings. The Hall–Kier alpha value is -1.55. The van der Waals surface area contributed by atoms with Crippen LogP contribution in [-0.2, 0) is 0 Å². The Bertz CT molecular complexity index is 514. The lowest BCUT2D eigenvalue weighted by Gasteiger charge is -2.22. The van der Waals surface area contributed by atoms with E-state index in [9.17, 15) is 4.79 Å². The first-order valence-electron chi connectivity index (χ1n) is 9.00. The summed E-state index contributed by atoms with van der Waals surface area (Å²) in [5.41, 5.74) is 2.00. The molecule has 0 bridgehead atoms. The van der Waals surface area contributed by atoms with Gasteiger partial charge in [-0.25, -0.2) is 0 Å². The van der Waals surface area contributed by atoms with Crippen LogP contribution in [0.2, 0.25) is 0 Å². The number of nitrogens with zero attached hydrogens (tertiary/aromatic N) is 2. The third kappa shape index (κ3) is 3.69. The molecule has 0 radical (unpaired) electrons. The second kappa shape index (κ2) is 7.35. The van der Waals surface area contributed by atoms with E-state index in [4.69, 9.17) is 0 Å². The zero-order valence-corrected chi connectivity index (χ0v) is 14.4. The number of nitrogens with one attached hydrogen (secondary N) is 1. The van der Waals surface area contributed by atoms with Crippen LogP contribution < -0.4 is 10.2 Å². The average Bonchev–Trinajstić information content (AvgIpc) is 2.93. The summed E-state index contributed by atoms with van der Waals surface area (Å²) >= 11 is 0. The predicted octanol–water partition coefficient (Wildman–Crippen LogP) is 2.60. The Kier molecular flexibility index (Phi) is 5.21. The van der Waals surface area contributed by atoms with E-state index in [1.54, 1.807) is 0 Å². The van der Waals surface area contributed by atoms with Gasteiger partial charge in [0.15, 0.2) is 0 Å².